The molecule has 0 bridgehead atoms. The summed E-state index contributed by atoms with van der Waals surface area (Å²) in [7, 11) is 1.66. The number of rotatable bonds is 8. The van der Waals surface area contributed by atoms with E-state index in [1.807, 2.05) is 12.2 Å². The number of likely N-dealkylation sites (tertiary alicyclic amines) is 1. The number of methoxy groups -OCH3 is 1. The largest absolute Gasteiger partial charge is 0.493 e. The van der Waals surface area contributed by atoms with E-state index < -0.39 is 0 Å². The number of halogens is 1. The molecule has 0 aromatic carbocycles. The molecule has 8 nitrogen and oxygen atoms in total. The van der Waals surface area contributed by atoms with Crippen LogP contribution in [0.2, 0.25) is 0 Å². The van der Waals surface area contributed by atoms with Crippen LogP contribution in [0.25, 0.3) is 0 Å². The highest BCUT2D eigenvalue weighted by Gasteiger charge is 2.32. The number of hydrogen-bond acceptors (Lipinski definition) is 8. The Hall–Kier alpha value is -2.45. The zero-order valence-corrected chi connectivity index (χ0v) is 18.6. The Morgan fingerprint density at radius 3 is 2.87 bits per heavy atom. The molecule has 0 spiro atoms. The molecule has 0 radical (unpaired) electrons. The Morgan fingerprint density at radius 1 is 1.19 bits per heavy atom. The highest BCUT2D eigenvalue weighted by Crippen LogP contribution is 2.29. The van der Waals surface area contributed by atoms with Gasteiger partial charge in [0.2, 0.25) is 0 Å². The Bertz CT molecular complexity index is 879. The fourth-order valence-corrected chi connectivity index (χ4v) is 4.17. The Labute approximate surface area is 188 Å². The van der Waals surface area contributed by atoms with Gasteiger partial charge in [0.05, 0.1) is 31.6 Å². The maximum Gasteiger partial charge on any atom is 0.159 e. The van der Waals surface area contributed by atoms with Crippen molar-refractivity contribution < 1.29 is 9.47 Å². The molecule has 4 rings (SSSR count). The van der Waals surface area contributed by atoms with Crippen LogP contribution in [-0.2, 0) is 15.4 Å². The van der Waals surface area contributed by atoms with Gasteiger partial charge in [0, 0.05) is 12.7 Å². The monoisotopic (exact) mass is 444 g/mol. The number of anilines is 1. The maximum atomic E-state index is 6.08. The van der Waals surface area contributed by atoms with Gasteiger partial charge in [-0.05, 0) is 50.6 Å². The van der Waals surface area contributed by atoms with Gasteiger partial charge in [-0.3, -0.25) is 4.99 Å². The van der Waals surface area contributed by atoms with E-state index in [0.717, 1.165) is 24.6 Å². The van der Waals surface area contributed by atoms with Gasteiger partial charge in [-0.15, -0.1) is 11.6 Å². The van der Waals surface area contributed by atoms with E-state index in [1.54, 1.807) is 25.7 Å². The molecule has 0 saturated carbocycles. The molecule has 3 aliphatic rings. The zero-order chi connectivity index (χ0) is 21.5. The fourth-order valence-electron chi connectivity index (χ4n) is 4.04. The third-order valence-corrected chi connectivity index (χ3v) is 5.88. The fraction of sp³-hybridized carbons (Fsp3) is 0.545. The minimum Gasteiger partial charge on any atom is -0.493 e. The van der Waals surface area contributed by atoms with Gasteiger partial charge in [0.25, 0.3) is 0 Å². The number of ether oxygens (including phenoxy) is 2. The number of aliphatic imine (C=N–C) groups is 2. The van der Waals surface area contributed by atoms with E-state index in [2.05, 4.69) is 30.2 Å². The number of amidine groups is 1. The van der Waals surface area contributed by atoms with Gasteiger partial charge in [0.1, 0.15) is 23.8 Å². The molecule has 166 valence electrons. The van der Waals surface area contributed by atoms with Gasteiger partial charge in [-0.25, -0.2) is 15.0 Å². The summed E-state index contributed by atoms with van der Waals surface area (Å²) in [5.74, 6) is 3.57. The number of nitrogens with zero attached hydrogens (tertiary/aromatic N) is 5. The Balaban J connectivity index is 1.37. The standard InChI is InChI=1S/C22H29ClN6O2/c1-30-18-12-16-17(13-19(18)31-11-5-10-29-8-3-2-4-9-29)25-15-26-22(16)28-20-6-7-24-21(14-23)27-20/h6-7,12-13,15-17H,2-5,8-11,14H2,1H3,(H,24,25,26,27,28). The third kappa shape index (κ3) is 5.62. The van der Waals surface area contributed by atoms with E-state index in [9.17, 15) is 0 Å². The lowest BCUT2D eigenvalue weighted by Gasteiger charge is -2.29. The molecule has 31 heavy (non-hydrogen) atoms. The molecule has 1 saturated heterocycles. The number of fused-ring (bicyclic) bond motifs is 1. The first-order valence-corrected chi connectivity index (χ1v) is 11.4. The molecule has 2 aliphatic heterocycles. The molecular weight excluding hydrogens is 416 g/mol. The Kier molecular flexibility index (Phi) is 7.53. The average molecular weight is 445 g/mol. The van der Waals surface area contributed by atoms with Crippen molar-refractivity contribution in [2.24, 2.45) is 15.9 Å². The lowest BCUT2D eigenvalue weighted by molar-refractivity contribution is 0.149. The topological polar surface area (TPSA) is 84.2 Å². The van der Waals surface area contributed by atoms with Gasteiger partial charge in [0.15, 0.2) is 11.5 Å². The van der Waals surface area contributed by atoms with Crippen molar-refractivity contribution in [1.82, 2.24) is 14.9 Å². The Morgan fingerprint density at radius 2 is 2.06 bits per heavy atom. The average Bonchev–Trinajstić information content (AvgIpc) is 2.82. The molecular formula is C22H29ClN6O2. The molecule has 1 aromatic rings. The molecule has 1 N–H and O–H groups in total. The van der Waals surface area contributed by atoms with E-state index in [-0.39, 0.29) is 17.8 Å². The maximum absolute atomic E-state index is 6.08. The van der Waals surface area contributed by atoms with Crippen molar-refractivity contribution in [3.8, 4) is 0 Å². The second-order valence-electron chi connectivity index (χ2n) is 7.78. The lowest BCUT2D eigenvalue weighted by Crippen LogP contribution is -2.35. The number of alkyl halides is 1. The predicted molar refractivity (Wildman–Crippen MR) is 122 cm³/mol. The number of piperidine rings is 1. The highest BCUT2D eigenvalue weighted by molar-refractivity contribution is 6.16. The third-order valence-electron chi connectivity index (χ3n) is 5.64. The van der Waals surface area contributed by atoms with Crippen LogP contribution in [0, 0.1) is 5.92 Å². The zero-order valence-electron chi connectivity index (χ0n) is 17.8. The van der Waals surface area contributed by atoms with Gasteiger partial charge in [-0.2, -0.15) is 0 Å². The number of aromatic nitrogens is 2. The van der Waals surface area contributed by atoms with Crippen LogP contribution < -0.4 is 5.32 Å². The first-order valence-electron chi connectivity index (χ1n) is 10.8. The van der Waals surface area contributed by atoms with Crippen LogP contribution >= 0.6 is 11.6 Å². The van der Waals surface area contributed by atoms with Crippen molar-refractivity contribution in [1.29, 1.82) is 0 Å². The summed E-state index contributed by atoms with van der Waals surface area (Å²) in [6.07, 6.45) is 12.2. The summed E-state index contributed by atoms with van der Waals surface area (Å²) in [6.45, 7) is 4.15. The molecule has 9 heteroatoms. The van der Waals surface area contributed by atoms with Gasteiger partial charge in [-0.1, -0.05) is 6.42 Å². The van der Waals surface area contributed by atoms with Crippen molar-refractivity contribution in [2.75, 3.05) is 38.7 Å². The SMILES string of the molecule is COC1=CC2C(Nc3ccnc(CCl)n3)=NC=NC2C=C1OCCCN1CCCCC1. The van der Waals surface area contributed by atoms with E-state index in [4.69, 9.17) is 21.1 Å². The molecule has 1 aromatic heterocycles. The van der Waals surface area contributed by atoms with Crippen molar-refractivity contribution in [3.63, 3.8) is 0 Å². The van der Waals surface area contributed by atoms with Crippen molar-refractivity contribution >= 4 is 29.6 Å². The summed E-state index contributed by atoms with van der Waals surface area (Å²) in [4.78, 5) is 20.0. The van der Waals surface area contributed by atoms with Crippen LogP contribution in [-0.4, -0.2) is 66.4 Å². The summed E-state index contributed by atoms with van der Waals surface area (Å²) in [6, 6.07) is 1.68. The molecule has 1 aliphatic carbocycles. The molecule has 3 heterocycles. The summed E-state index contributed by atoms with van der Waals surface area (Å²) in [5, 5.41) is 3.28. The molecule has 2 unspecified atom stereocenters. The normalized spacial score (nSPS) is 23.4. The first kappa shape index (κ1) is 21.8. The van der Waals surface area contributed by atoms with Crippen molar-refractivity contribution in [2.45, 2.75) is 37.6 Å². The van der Waals surface area contributed by atoms with Gasteiger partial charge >= 0.3 is 0 Å². The lowest BCUT2D eigenvalue weighted by atomic mass is 9.91. The van der Waals surface area contributed by atoms with Crippen LogP contribution in [0.1, 0.15) is 31.5 Å². The summed E-state index contributed by atoms with van der Waals surface area (Å²) in [5.41, 5.74) is 0. The second kappa shape index (κ2) is 10.7. The quantitative estimate of drug-likeness (QED) is 0.488. The van der Waals surface area contributed by atoms with Crippen LogP contribution in [0.15, 0.2) is 45.9 Å². The first-order chi connectivity index (χ1) is 15.3. The minimum absolute atomic E-state index is 0.0879. The summed E-state index contributed by atoms with van der Waals surface area (Å²) < 4.78 is 11.7. The molecule has 2 atom stereocenters. The van der Waals surface area contributed by atoms with E-state index in [0.29, 0.717) is 24.0 Å². The number of nitrogens with one attached hydrogen (secondary N) is 1. The van der Waals surface area contributed by atoms with Gasteiger partial charge < -0.3 is 19.7 Å². The minimum atomic E-state index is -0.106. The van der Waals surface area contributed by atoms with Crippen LogP contribution in [0.3, 0.4) is 0 Å². The van der Waals surface area contributed by atoms with Crippen LogP contribution in [0.5, 0.6) is 0 Å². The van der Waals surface area contributed by atoms with E-state index >= 15 is 0 Å². The molecule has 1 fully saturated rings. The van der Waals surface area contributed by atoms with E-state index in [1.165, 1.54) is 32.4 Å². The van der Waals surface area contributed by atoms with Crippen molar-refractivity contribution in [3.05, 3.63) is 41.8 Å². The highest BCUT2D eigenvalue weighted by atomic mass is 35.5. The predicted octanol–water partition coefficient (Wildman–Crippen LogP) is 3.37. The smallest absolute Gasteiger partial charge is 0.159 e. The summed E-state index contributed by atoms with van der Waals surface area (Å²) >= 11 is 5.85. The molecule has 0 amide bonds. The van der Waals surface area contributed by atoms with Crippen LogP contribution in [0.4, 0.5) is 5.82 Å². The second-order valence-corrected chi connectivity index (χ2v) is 8.05. The number of hydrogen-bond donors (Lipinski definition) is 1.